The van der Waals surface area contributed by atoms with Crippen molar-refractivity contribution >= 4 is 5.91 Å². The molecular weight excluding hydrogens is 272 g/mol. The topological polar surface area (TPSA) is 86.0 Å². The van der Waals surface area contributed by atoms with Gasteiger partial charge in [0, 0.05) is 32.3 Å². The number of amides is 1. The third-order valence-electron chi connectivity index (χ3n) is 3.29. The molecule has 8 heteroatoms. The summed E-state index contributed by atoms with van der Waals surface area (Å²) in [6.07, 6.45) is 3.99. The molecule has 1 amide bonds. The first-order valence-electron chi connectivity index (χ1n) is 6.74. The molecule has 1 fully saturated rings. The van der Waals surface area contributed by atoms with Crippen LogP contribution in [0.3, 0.4) is 0 Å². The zero-order valence-corrected chi connectivity index (χ0v) is 11.9. The van der Waals surface area contributed by atoms with E-state index in [1.54, 1.807) is 30.4 Å². The van der Waals surface area contributed by atoms with Crippen molar-refractivity contribution in [1.29, 1.82) is 0 Å². The fraction of sp³-hybridized carbons (Fsp3) is 0.462. The highest BCUT2D eigenvalue weighted by molar-refractivity contribution is 5.92. The lowest BCUT2D eigenvalue weighted by molar-refractivity contribution is 0.0765. The van der Waals surface area contributed by atoms with Crippen LogP contribution in [0.15, 0.2) is 18.5 Å². The Labute approximate surface area is 121 Å². The van der Waals surface area contributed by atoms with Gasteiger partial charge in [0.2, 0.25) is 5.88 Å². The quantitative estimate of drug-likeness (QED) is 0.802. The molecule has 1 atom stereocenters. The maximum absolute atomic E-state index is 12.2. The monoisotopic (exact) mass is 288 g/mol. The summed E-state index contributed by atoms with van der Waals surface area (Å²) in [6.45, 7) is 2.98. The number of ether oxygens (including phenoxy) is 1. The lowest BCUT2D eigenvalue weighted by Gasteiger charge is -2.15. The molecule has 2 aromatic heterocycles. The van der Waals surface area contributed by atoms with Gasteiger partial charge in [0.15, 0.2) is 5.69 Å². The molecule has 0 saturated carbocycles. The van der Waals surface area contributed by atoms with Crippen molar-refractivity contribution in [1.82, 2.24) is 29.9 Å². The molecule has 0 radical (unpaired) electrons. The second-order valence-corrected chi connectivity index (χ2v) is 5.00. The molecular formula is C13H16N6O2. The number of carbonyl (C=O) groups excluding carboxylic acids is 1. The van der Waals surface area contributed by atoms with Crippen molar-refractivity contribution in [3.05, 3.63) is 30.0 Å². The van der Waals surface area contributed by atoms with Gasteiger partial charge in [0.25, 0.3) is 5.91 Å². The Morgan fingerprint density at radius 3 is 3.05 bits per heavy atom. The molecule has 0 N–H and O–H groups in total. The van der Waals surface area contributed by atoms with Crippen LogP contribution in [0.5, 0.6) is 5.88 Å². The molecule has 1 saturated heterocycles. The smallest absolute Gasteiger partial charge is 0.276 e. The van der Waals surface area contributed by atoms with E-state index in [2.05, 4.69) is 20.3 Å². The van der Waals surface area contributed by atoms with Crippen molar-refractivity contribution in [2.75, 3.05) is 13.1 Å². The van der Waals surface area contributed by atoms with Crippen molar-refractivity contribution in [3.63, 3.8) is 0 Å². The first-order chi connectivity index (χ1) is 10.1. The second-order valence-electron chi connectivity index (χ2n) is 5.00. The van der Waals surface area contributed by atoms with Crippen LogP contribution in [0.4, 0.5) is 0 Å². The van der Waals surface area contributed by atoms with Crippen molar-refractivity contribution in [3.8, 4) is 5.88 Å². The normalized spacial score (nSPS) is 18.0. The molecule has 0 spiro atoms. The zero-order valence-electron chi connectivity index (χ0n) is 11.9. The first-order valence-corrected chi connectivity index (χ1v) is 6.74. The van der Waals surface area contributed by atoms with E-state index in [1.165, 1.54) is 4.68 Å². The molecule has 21 heavy (non-hydrogen) atoms. The van der Waals surface area contributed by atoms with Gasteiger partial charge in [0.05, 0.1) is 12.7 Å². The van der Waals surface area contributed by atoms with E-state index in [0.29, 0.717) is 30.5 Å². The Bertz CT molecular complexity index is 656. The van der Waals surface area contributed by atoms with Gasteiger partial charge in [-0.1, -0.05) is 5.21 Å². The van der Waals surface area contributed by atoms with E-state index in [4.69, 9.17) is 4.74 Å². The molecule has 0 bridgehead atoms. The number of carbonyl (C=O) groups is 1. The van der Waals surface area contributed by atoms with Gasteiger partial charge in [0.1, 0.15) is 11.9 Å². The zero-order chi connectivity index (χ0) is 14.8. The SMILES string of the molecule is Cc1nccc(O[C@H]2CCN(C(=O)c3cn(C)nn3)C2)n1. The van der Waals surface area contributed by atoms with Crippen molar-refractivity contribution in [2.24, 2.45) is 7.05 Å². The Balaban J connectivity index is 1.61. The molecule has 1 aliphatic heterocycles. The predicted octanol–water partition coefficient (Wildman–Crippen LogP) is 0.207. The highest BCUT2D eigenvalue weighted by Crippen LogP contribution is 2.17. The van der Waals surface area contributed by atoms with E-state index >= 15 is 0 Å². The number of likely N-dealkylation sites (tertiary alicyclic amines) is 1. The first kappa shape index (κ1) is 13.5. The van der Waals surface area contributed by atoms with Crippen LogP contribution >= 0.6 is 0 Å². The van der Waals surface area contributed by atoms with Crippen LogP contribution in [-0.2, 0) is 7.05 Å². The van der Waals surface area contributed by atoms with E-state index in [1.807, 2.05) is 6.92 Å². The standard InChI is InChI=1S/C13H16N6O2/c1-9-14-5-3-12(15-9)21-10-4-6-19(7-10)13(20)11-8-18(2)17-16-11/h3,5,8,10H,4,6-7H2,1-2H3/t10-/m0/s1. The van der Waals surface area contributed by atoms with E-state index < -0.39 is 0 Å². The van der Waals surface area contributed by atoms with Crippen LogP contribution in [0.2, 0.25) is 0 Å². The summed E-state index contributed by atoms with van der Waals surface area (Å²) in [5, 5.41) is 7.62. The highest BCUT2D eigenvalue weighted by Gasteiger charge is 2.29. The molecule has 0 aromatic carbocycles. The minimum absolute atomic E-state index is 0.0556. The maximum Gasteiger partial charge on any atom is 0.276 e. The highest BCUT2D eigenvalue weighted by atomic mass is 16.5. The van der Waals surface area contributed by atoms with Crippen LogP contribution in [0.25, 0.3) is 0 Å². The largest absolute Gasteiger partial charge is 0.472 e. The van der Waals surface area contributed by atoms with E-state index in [0.717, 1.165) is 6.42 Å². The summed E-state index contributed by atoms with van der Waals surface area (Å²) in [6, 6.07) is 1.72. The van der Waals surface area contributed by atoms with Crippen LogP contribution in [0.1, 0.15) is 22.7 Å². The van der Waals surface area contributed by atoms with Gasteiger partial charge in [-0.05, 0) is 6.92 Å². The third kappa shape index (κ3) is 2.99. The maximum atomic E-state index is 12.2. The lowest BCUT2D eigenvalue weighted by Crippen LogP contribution is -2.31. The Morgan fingerprint density at radius 1 is 1.48 bits per heavy atom. The van der Waals surface area contributed by atoms with Gasteiger partial charge >= 0.3 is 0 Å². The van der Waals surface area contributed by atoms with Gasteiger partial charge < -0.3 is 9.64 Å². The van der Waals surface area contributed by atoms with Gasteiger partial charge in [-0.25, -0.2) is 4.98 Å². The van der Waals surface area contributed by atoms with Crippen LogP contribution in [-0.4, -0.2) is 55.0 Å². The molecule has 3 rings (SSSR count). The molecule has 3 heterocycles. The molecule has 8 nitrogen and oxygen atoms in total. The molecule has 1 aliphatic rings. The number of hydrogen-bond donors (Lipinski definition) is 0. The number of aromatic nitrogens is 5. The Morgan fingerprint density at radius 2 is 2.33 bits per heavy atom. The fourth-order valence-corrected chi connectivity index (χ4v) is 2.29. The van der Waals surface area contributed by atoms with E-state index in [-0.39, 0.29) is 12.0 Å². The molecule has 0 aliphatic carbocycles. The predicted molar refractivity (Wildman–Crippen MR) is 72.7 cm³/mol. The van der Waals surface area contributed by atoms with Gasteiger partial charge in [-0.15, -0.1) is 5.10 Å². The summed E-state index contributed by atoms with van der Waals surface area (Å²) in [4.78, 5) is 22.2. The summed E-state index contributed by atoms with van der Waals surface area (Å²) < 4.78 is 7.31. The molecule has 110 valence electrons. The number of nitrogens with zero attached hydrogens (tertiary/aromatic N) is 6. The average Bonchev–Trinajstić information content (AvgIpc) is 3.07. The third-order valence-corrected chi connectivity index (χ3v) is 3.29. The minimum atomic E-state index is -0.118. The van der Waals surface area contributed by atoms with Gasteiger partial charge in [-0.3, -0.25) is 9.48 Å². The van der Waals surface area contributed by atoms with E-state index in [9.17, 15) is 4.79 Å². The molecule has 0 unspecified atom stereocenters. The summed E-state index contributed by atoms with van der Waals surface area (Å²) in [5.41, 5.74) is 0.357. The lowest BCUT2D eigenvalue weighted by atomic mass is 10.3. The fourth-order valence-electron chi connectivity index (χ4n) is 2.29. The van der Waals surface area contributed by atoms with Crippen LogP contribution < -0.4 is 4.74 Å². The van der Waals surface area contributed by atoms with Gasteiger partial charge in [-0.2, -0.15) is 4.98 Å². The van der Waals surface area contributed by atoms with Crippen LogP contribution in [0, 0.1) is 6.92 Å². The number of aryl methyl sites for hydroxylation is 2. The number of rotatable bonds is 3. The van der Waals surface area contributed by atoms with Crippen molar-refractivity contribution in [2.45, 2.75) is 19.4 Å². The summed E-state index contributed by atoms with van der Waals surface area (Å²) in [7, 11) is 1.73. The number of hydrogen-bond acceptors (Lipinski definition) is 6. The Kier molecular flexibility index (Phi) is 3.51. The Hall–Kier alpha value is -2.51. The summed E-state index contributed by atoms with van der Waals surface area (Å²) >= 11 is 0. The van der Waals surface area contributed by atoms with Crippen molar-refractivity contribution < 1.29 is 9.53 Å². The summed E-state index contributed by atoms with van der Waals surface area (Å²) in [5.74, 6) is 1.09. The average molecular weight is 288 g/mol. The minimum Gasteiger partial charge on any atom is -0.472 e. The second kappa shape index (κ2) is 5.47. The molecule has 2 aromatic rings.